The molecule has 0 aliphatic heterocycles. The Hall–Kier alpha value is -1.34. The number of methoxy groups -OCH3 is 1. The zero-order valence-electron chi connectivity index (χ0n) is 14.3. The highest BCUT2D eigenvalue weighted by Gasteiger charge is 2.29. The summed E-state index contributed by atoms with van der Waals surface area (Å²) in [4.78, 5) is 0.292. The topological polar surface area (TPSA) is 81.4 Å². The van der Waals surface area contributed by atoms with Crippen LogP contribution in [0.25, 0.3) is 10.8 Å². The number of benzene rings is 2. The highest BCUT2D eigenvalue weighted by atomic mass is 35.5. The molecule has 25 heavy (non-hydrogen) atoms. The molecule has 0 saturated heterocycles. The van der Waals surface area contributed by atoms with Gasteiger partial charge >= 0.3 is 0 Å². The highest BCUT2D eigenvalue weighted by Crippen LogP contribution is 2.32. The summed E-state index contributed by atoms with van der Waals surface area (Å²) in [5.74, 6) is 0.875. The average Bonchev–Trinajstić information content (AvgIpc) is 2.60. The summed E-state index contributed by atoms with van der Waals surface area (Å²) in [5.41, 5.74) is 5.83. The molecule has 3 N–H and O–H groups in total. The number of fused-ring (bicyclic) bond motifs is 1. The van der Waals surface area contributed by atoms with Crippen LogP contribution in [0.5, 0.6) is 5.75 Å². The summed E-state index contributed by atoms with van der Waals surface area (Å²) >= 11 is 0. The highest BCUT2D eigenvalue weighted by molar-refractivity contribution is 7.89. The van der Waals surface area contributed by atoms with Crippen molar-refractivity contribution >= 4 is 33.2 Å². The molecule has 138 valence electrons. The lowest BCUT2D eigenvalue weighted by atomic mass is 9.85. The van der Waals surface area contributed by atoms with E-state index in [0.29, 0.717) is 22.6 Å². The molecule has 2 unspecified atom stereocenters. The maximum absolute atomic E-state index is 13.0. The Bertz CT molecular complexity index is 826. The fourth-order valence-corrected chi connectivity index (χ4v) is 5.11. The molecule has 1 aliphatic carbocycles. The molecule has 7 heteroatoms. The van der Waals surface area contributed by atoms with E-state index < -0.39 is 10.0 Å². The molecule has 3 rings (SSSR count). The van der Waals surface area contributed by atoms with Crippen LogP contribution in [0, 0.1) is 5.92 Å². The first-order valence-electron chi connectivity index (χ1n) is 8.35. The Balaban J connectivity index is 0.00000225. The van der Waals surface area contributed by atoms with Gasteiger partial charge in [0.2, 0.25) is 10.0 Å². The van der Waals surface area contributed by atoms with Crippen molar-refractivity contribution in [2.45, 2.75) is 36.6 Å². The van der Waals surface area contributed by atoms with Crippen molar-refractivity contribution < 1.29 is 13.2 Å². The van der Waals surface area contributed by atoms with E-state index in [-0.39, 0.29) is 24.4 Å². The zero-order chi connectivity index (χ0) is 17.2. The molecular weight excluding hydrogens is 360 g/mol. The Morgan fingerprint density at radius 1 is 1.12 bits per heavy atom. The Labute approximate surface area is 155 Å². The van der Waals surface area contributed by atoms with Crippen LogP contribution in [-0.4, -0.2) is 28.1 Å². The van der Waals surface area contributed by atoms with Gasteiger partial charge in [0.1, 0.15) is 5.75 Å². The SMILES string of the molecule is COc1ccc(S(=O)(=O)NC2CCCCC2CN)c2ccccc12.Cl. The van der Waals surface area contributed by atoms with Crippen LogP contribution in [0.2, 0.25) is 0 Å². The number of halogens is 1. The van der Waals surface area contributed by atoms with Crippen LogP contribution in [-0.2, 0) is 10.0 Å². The largest absolute Gasteiger partial charge is 0.496 e. The molecule has 0 heterocycles. The maximum Gasteiger partial charge on any atom is 0.241 e. The molecule has 1 fully saturated rings. The molecule has 5 nitrogen and oxygen atoms in total. The van der Waals surface area contributed by atoms with Crippen molar-refractivity contribution in [3.8, 4) is 5.75 Å². The molecule has 2 aromatic rings. The molecule has 0 spiro atoms. The monoisotopic (exact) mass is 384 g/mol. The van der Waals surface area contributed by atoms with E-state index >= 15 is 0 Å². The Morgan fingerprint density at radius 2 is 1.80 bits per heavy atom. The number of rotatable bonds is 5. The predicted molar refractivity (Wildman–Crippen MR) is 103 cm³/mol. The fraction of sp³-hybridized carbons (Fsp3) is 0.444. The number of ether oxygens (including phenoxy) is 1. The van der Waals surface area contributed by atoms with Crippen LogP contribution < -0.4 is 15.2 Å². The second-order valence-corrected chi connectivity index (χ2v) is 8.00. The quantitative estimate of drug-likeness (QED) is 0.830. The summed E-state index contributed by atoms with van der Waals surface area (Å²) in [6, 6.07) is 10.6. The van der Waals surface area contributed by atoms with Crippen LogP contribution >= 0.6 is 12.4 Å². The number of hydrogen-bond donors (Lipinski definition) is 2. The van der Waals surface area contributed by atoms with Gasteiger partial charge in [-0.25, -0.2) is 13.1 Å². The first-order chi connectivity index (χ1) is 11.6. The second-order valence-electron chi connectivity index (χ2n) is 6.32. The molecule has 2 atom stereocenters. The van der Waals surface area contributed by atoms with Crippen molar-refractivity contribution in [2.24, 2.45) is 11.7 Å². The third kappa shape index (κ3) is 4.08. The third-order valence-electron chi connectivity index (χ3n) is 4.87. The van der Waals surface area contributed by atoms with E-state index in [1.54, 1.807) is 19.2 Å². The zero-order valence-corrected chi connectivity index (χ0v) is 15.9. The minimum absolute atomic E-state index is 0. The van der Waals surface area contributed by atoms with Crippen molar-refractivity contribution in [2.75, 3.05) is 13.7 Å². The number of sulfonamides is 1. The summed E-state index contributed by atoms with van der Waals surface area (Å²) in [7, 11) is -2.03. The predicted octanol–water partition coefficient (Wildman–Crippen LogP) is 3.07. The molecule has 1 saturated carbocycles. The van der Waals surface area contributed by atoms with Gasteiger partial charge in [0.05, 0.1) is 12.0 Å². The summed E-state index contributed by atoms with van der Waals surface area (Å²) in [5, 5.41) is 1.46. The van der Waals surface area contributed by atoms with Crippen LogP contribution in [0.15, 0.2) is 41.3 Å². The smallest absolute Gasteiger partial charge is 0.241 e. The van der Waals surface area contributed by atoms with Gasteiger partial charge in [-0.1, -0.05) is 37.1 Å². The standard InChI is InChI=1S/C18H24N2O3S.ClH/c1-23-17-10-11-18(15-8-4-3-7-14(15)17)24(21,22)20-16-9-5-2-6-13(16)12-19;/h3-4,7-8,10-11,13,16,20H,2,5-6,9,12,19H2,1H3;1H. The van der Waals surface area contributed by atoms with Gasteiger partial charge in [0.25, 0.3) is 0 Å². The molecule has 2 aromatic carbocycles. The average molecular weight is 385 g/mol. The van der Waals surface area contributed by atoms with Crippen molar-refractivity contribution in [3.63, 3.8) is 0 Å². The summed E-state index contributed by atoms with van der Waals surface area (Å²) < 4.78 is 34.2. The van der Waals surface area contributed by atoms with E-state index in [2.05, 4.69) is 4.72 Å². The Kier molecular flexibility index (Phi) is 6.68. The van der Waals surface area contributed by atoms with E-state index in [4.69, 9.17) is 10.5 Å². The molecule has 0 amide bonds. The van der Waals surface area contributed by atoms with Crippen molar-refractivity contribution in [1.82, 2.24) is 4.72 Å². The lowest BCUT2D eigenvalue weighted by molar-refractivity contribution is 0.296. The molecule has 0 bridgehead atoms. The van der Waals surface area contributed by atoms with E-state index in [1.165, 1.54) is 0 Å². The molecule has 1 aliphatic rings. The third-order valence-corrected chi connectivity index (χ3v) is 6.42. The maximum atomic E-state index is 13.0. The van der Waals surface area contributed by atoms with Crippen LogP contribution in [0.3, 0.4) is 0 Å². The minimum Gasteiger partial charge on any atom is -0.496 e. The normalized spacial score (nSPS) is 20.9. The van der Waals surface area contributed by atoms with Gasteiger partial charge in [-0.2, -0.15) is 0 Å². The van der Waals surface area contributed by atoms with Crippen LogP contribution in [0.1, 0.15) is 25.7 Å². The van der Waals surface area contributed by atoms with Crippen molar-refractivity contribution in [3.05, 3.63) is 36.4 Å². The van der Waals surface area contributed by atoms with Gasteiger partial charge < -0.3 is 10.5 Å². The number of hydrogen-bond acceptors (Lipinski definition) is 4. The summed E-state index contributed by atoms with van der Waals surface area (Å²) in [6.45, 7) is 0.510. The van der Waals surface area contributed by atoms with Gasteiger partial charge in [0.15, 0.2) is 0 Å². The van der Waals surface area contributed by atoms with Gasteiger partial charge in [-0.15, -0.1) is 12.4 Å². The number of nitrogens with one attached hydrogen (secondary N) is 1. The lowest BCUT2D eigenvalue weighted by Gasteiger charge is -2.31. The van der Waals surface area contributed by atoms with E-state index in [9.17, 15) is 8.42 Å². The second kappa shape index (κ2) is 8.36. The van der Waals surface area contributed by atoms with Crippen molar-refractivity contribution in [1.29, 1.82) is 0 Å². The van der Waals surface area contributed by atoms with E-state index in [1.807, 2.05) is 24.3 Å². The first-order valence-corrected chi connectivity index (χ1v) is 9.83. The van der Waals surface area contributed by atoms with Gasteiger partial charge in [-0.3, -0.25) is 0 Å². The first kappa shape index (κ1) is 20.0. The van der Waals surface area contributed by atoms with Gasteiger partial charge in [-0.05, 0) is 37.4 Å². The minimum atomic E-state index is -3.62. The fourth-order valence-electron chi connectivity index (χ4n) is 3.56. The Morgan fingerprint density at radius 3 is 2.48 bits per heavy atom. The number of nitrogens with two attached hydrogens (primary N) is 1. The molecule has 0 radical (unpaired) electrons. The van der Waals surface area contributed by atoms with Gasteiger partial charge in [0, 0.05) is 16.8 Å². The lowest BCUT2D eigenvalue weighted by Crippen LogP contribution is -2.44. The molecular formula is C18H25ClN2O3S. The van der Waals surface area contributed by atoms with Crippen LogP contribution in [0.4, 0.5) is 0 Å². The summed E-state index contributed by atoms with van der Waals surface area (Å²) in [6.07, 6.45) is 3.97. The molecule has 0 aromatic heterocycles. The van der Waals surface area contributed by atoms with E-state index in [0.717, 1.165) is 31.1 Å².